The number of nitrogens with one attached hydrogen (secondary N) is 2. The van der Waals surface area contributed by atoms with Crippen molar-refractivity contribution in [1.82, 2.24) is 10.3 Å². The van der Waals surface area contributed by atoms with E-state index in [1.807, 2.05) is 0 Å². The molecule has 0 aliphatic heterocycles. The Morgan fingerprint density at radius 2 is 2.09 bits per heavy atom. The van der Waals surface area contributed by atoms with Gasteiger partial charge in [0.05, 0.1) is 17.4 Å². The molecule has 0 saturated carbocycles. The summed E-state index contributed by atoms with van der Waals surface area (Å²) in [4.78, 5) is 16.2. The molecule has 1 unspecified atom stereocenters. The maximum Gasteiger partial charge on any atom is 0.255 e. The van der Waals surface area contributed by atoms with Gasteiger partial charge in [0.15, 0.2) is 0 Å². The summed E-state index contributed by atoms with van der Waals surface area (Å²) in [6.45, 7) is 2.01. The van der Waals surface area contributed by atoms with E-state index in [1.165, 1.54) is 12.3 Å². The van der Waals surface area contributed by atoms with Crippen molar-refractivity contribution in [2.75, 3.05) is 11.9 Å². The number of nitrogens with zero attached hydrogens (tertiary/aromatic N) is 1. The van der Waals surface area contributed by atoms with Crippen LogP contribution in [0.3, 0.4) is 0 Å². The predicted molar refractivity (Wildman–Crippen MR) is 82.6 cm³/mol. The zero-order valence-corrected chi connectivity index (χ0v) is 12.2. The van der Waals surface area contributed by atoms with Crippen molar-refractivity contribution < 1.29 is 14.3 Å². The smallest absolute Gasteiger partial charge is 0.255 e. The van der Waals surface area contributed by atoms with E-state index in [9.17, 15) is 14.3 Å². The largest absolute Gasteiger partial charge is 0.393 e. The van der Waals surface area contributed by atoms with E-state index in [-0.39, 0.29) is 17.4 Å². The van der Waals surface area contributed by atoms with Crippen LogP contribution in [-0.2, 0) is 0 Å². The molecule has 0 saturated heterocycles. The average Bonchev–Trinajstić information content (AvgIpc) is 2.49. The van der Waals surface area contributed by atoms with Crippen molar-refractivity contribution in [3.63, 3.8) is 0 Å². The van der Waals surface area contributed by atoms with Gasteiger partial charge in [-0.15, -0.1) is 0 Å². The van der Waals surface area contributed by atoms with E-state index < -0.39 is 11.9 Å². The number of pyridine rings is 1. The van der Waals surface area contributed by atoms with Crippen LogP contribution in [0, 0.1) is 5.82 Å². The maximum absolute atomic E-state index is 13.7. The number of anilines is 2. The van der Waals surface area contributed by atoms with Gasteiger partial charge in [0.2, 0.25) is 0 Å². The van der Waals surface area contributed by atoms with Crippen molar-refractivity contribution in [2.24, 2.45) is 0 Å². The van der Waals surface area contributed by atoms with Crippen LogP contribution in [0.15, 0.2) is 42.6 Å². The van der Waals surface area contributed by atoms with Crippen LogP contribution < -0.4 is 10.6 Å². The molecule has 6 heteroatoms. The molecule has 2 rings (SSSR count). The van der Waals surface area contributed by atoms with Gasteiger partial charge in [0.1, 0.15) is 11.6 Å². The fourth-order valence-corrected chi connectivity index (χ4v) is 1.87. The number of aliphatic hydroxyl groups excluding tert-OH is 1. The van der Waals surface area contributed by atoms with Gasteiger partial charge in [-0.1, -0.05) is 12.1 Å². The number of rotatable bonds is 6. The van der Waals surface area contributed by atoms with E-state index >= 15 is 0 Å². The molecule has 22 heavy (non-hydrogen) atoms. The van der Waals surface area contributed by atoms with E-state index in [0.29, 0.717) is 18.5 Å². The van der Waals surface area contributed by atoms with E-state index in [0.717, 1.165) is 0 Å². The van der Waals surface area contributed by atoms with E-state index in [1.54, 1.807) is 37.3 Å². The molecular formula is C16H18FN3O2. The van der Waals surface area contributed by atoms with E-state index in [2.05, 4.69) is 15.6 Å². The minimum Gasteiger partial charge on any atom is -0.393 e. The maximum atomic E-state index is 13.7. The lowest BCUT2D eigenvalue weighted by Crippen LogP contribution is -2.27. The SMILES string of the molecule is CC(O)CCNC(=O)c1cccnc1Nc1ccccc1F. The molecule has 1 heterocycles. The number of hydrogen-bond acceptors (Lipinski definition) is 4. The third-order valence-electron chi connectivity index (χ3n) is 3.03. The molecular weight excluding hydrogens is 285 g/mol. The molecule has 0 aliphatic rings. The number of amides is 1. The van der Waals surface area contributed by atoms with E-state index in [4.69, 9.17) is 0 Å². The summed E-state index contributed by atoms with van der Waals surface area (Å²) in [6.07, 6.45) is 1.50. The number of para-hydroxylation sites is 1. The van der Waals surface area contributed by atoms with Gasteiger partial charge >= 0.3 is 0 Å². The Balaban J connectivity index is 2.13. The molecule has 0 spiro atoms. The standard InChI is InChI=1S/C16H18FN3O2/c1-11(21)8-10-19-16(22)12-5-4-9-18-15(12)20-14-7-3-2-6-13(14)17/h2-7,9,11,21H,8,10H2,1H3,(H,18,20)(H,19,22). The Labute approximate surface area is 128 Å². The van der Waals surface area contributed by atoms with Gasteiger partial charge in [-0.25, -0.2) is 9.37 Å². The van der Waals surface area contributed by atoms with Crippen LogP contribution in [0.4, 0.5) is 15.9 Å². The molecule has 1 amide bonds. The summed E-state index contributed by atoms with van der Waals surface area (Å²) in [5, 5.41) is 14.7. The second-order valence-corrected chi connectivity index (χ2v) is 4.90. The monoisotopic (exact) mass is 303 g/mol. The minimum atomic E-state index is -0.481. The molecule has 0 aliphatic carbocycles. The molecule has 3 N–H and O–H groups in total. The van der Waals surface area contributed by atoms with Crippen molar-refractivity contribution in [3.05, 3.63) is 54.0 Å². The lowest BCUT2D eigenvalue weighted by Gasteiger charge is -2.12. The van der Waals surface area contributed by atoms with Gasteiger partial charge in [-0.05, 0) is 37.6 Å². The molecule has 1 aromatic heterocycles. The van der Waals surface area contributed by atoms with Crippen molar-refractivity contribution >= 4 is 17.4 Å². The van der Waals surface area contributed by atoms with Gasteiger partial charge in [0, 0.05) is 12.7 Å². The lowest BCUT2D eigenvalue weighted by atomic mass is 10.2. The number of carbonyl (C=O) groups is 1. The quantitative estimate of drug-likeness (QED) is 0.766. The van der Waals surface area contributed by atoms with Gasteiger partial charge < -0.3 is 15.7 Å². The summed E-state index contributed by atoms with van der Waals surface area (Å²) in [5.74, 6) is -0.469. The van der Waals surface area contributed by atoms with Crippen LogP contribution in [0.25, 0.3) is 0 Å². The Bertz CT molecular complexity index is 647. The lowest BCUT2D eigenvalue weighted by molar-refractivity contribution is 0.0946. The average molecular weight is 303 g/mol. The second-order valence-electron chi connectivity index (χ2n) is 4.90. The molecule has 0 radical (unpaired) electrons. The Morgan fingerprint density at radius 3 is 2.82 bits per heavy atom. The summed E-state index contributed by atoms with van der Waals surface area (Å²) < 4.78 is 13.7. The first-order chi connectivity index (χ1) is 10.6. The highest BCUT2D eigenvalue weighted by Crippen LogP contribution is 2.20. The topological polar surface area (TPSA) is 74.2 Å². The highest BCUT2D eigenvalue weighted by atomic mass is 19.1. The molecule has 1 aromatic carbocycles. The molecule has 2 aromatic rings. The summed E-state index contributed by atoms with van der Waals surface area (Å²) in [6, 6.07) is 9.41. The number of hydrogen-bond donors (Lipinski definition) is 3. The fraction of sp³-hybridized carbons (Fsp3) is 0.250. The first kappa shape index (κ1) is 15.9. The molecule has 5 nitrogen and oxygen atoms in total. The molecule has 1 atom stereocenters. The van der Waals surface area contributed by atoms with Crippen LogP contribution in [0.2, 0.25) is 0 Å². The summed E-state index contributed by atoms with van der Waals surface area (Å²) in [7, 11) is 0. The first-order valence-corrected chi connectivity index (χ1v) is 7.00. The molecule has 116 valence electrons. The number of aromatic nitrogens is 1. The Kier molecular flexibility index (Phi) is 5.43. The number of carbonyl (C=O) groups excluding carboxylic acids is 1. The van der Waals surface area contributed by atoms with Crippen molar-refractivity contribution in [2.45, 2.75) is 19.4 Å². The number of halogens is 1. The van der Waals surface area contributed by atoms with Gasteiger partial charge in [0.25, 0.3) is 5.91 Å². The zero-order valence-electron chi connectivity index (χ0n) is 12.2. The summed E-state index contributed by atoms with van der Waals surface area (Å²) in [5.41, 5.74) is 0.565. The van der Waals surface area contributed by atoms with Crippen LogP contribution in [-0.4, -0.2) is 28.6 Å². The summed E-state index contributed by atoms with van der Waals surface area (Å²) >= 11 is 0. The highest BCUT2D eigenvalue weighted by Gasteiger charge is 2.13. The predicted octanol–water partition coefficient (Wildman–Crippen LogP) is 2.47. The number of aliphatic hydroxyl groups is 1. The van der Waals surface area contributed by atoms with Crippen molar-refractivity contribution in [3.8, 4) is 0 Å². The number of benzene rings is 1. The Hall–Kier alpha value is -2.47. The molecule has 0 fully saturated rings. The highest BCUT2D eigenvalue weighted by molar-refractivity contribution is 5.99. The Morgan fingerprint density at radius 1 is 1.32 bits per heavy atom. The van der Waals surface area contributed by atoms with Gasteiger partial charge in [-0.3, -0.25) is 4.79 Å². The zero-order chi connectivity index (χ0) is 15.9. The fourth-order valence-electron chi connectivity index (χ4n) is 1.87. The third-order valence-corrected chi connectivity index (χ3v) is 3.03. The van der Waals surface area contributed by atoms with Crippen LogP contribution in [0.1, 0.15) is 23.7 Å². The van der Waals surface area contributed by atoms with Crippen LogP contribution >= 0.6 is 0 Å². The molecule has 0 bridgehead atoms. The first-order valence-electron chi connectivity index (χ1n) is 7.00. The van der Waals surface area contributed by atoms with Gasteiger partial charge in [-0.2, -0.15) is 0 Å². The third kappa shape index (κ3) is 4.26. The van der Waals surface area contributed by atoms with Crippen LogP contribution in [0.5, 0.6) is 0 Å². The normalized spacial score (nSPS) is 11.8. The minimum absolute atomic E-state index is 0.249. The second kappa shape index (κ2) is 7.51. The van der Waals surface area contributed by atoms with Crippen molar-refractivity contribution in [1.29, 1.82) is 0 Å².